The van der Waals surface area contributed by atoms with E-state index in [2.05, 4.69) is 15.4 Å². The van der Waals surface area contributed by atoms with Gasteiger partial charge < -0.3 is 15.8 Å². The molecule has 4 rings (SSSR count). The lowest BCUT2D eigenvalue weighted by molar-refractivity contribution is 0.0948. The van der Waals surface area contributed by atoms with Gasteiger partial charge in [-0.15, -0.1) is 5.10 Å². The fourth-order valence-electron chi connectivity index (χ4n) is 2.59. The van der Waals surface area contributed by atoms with Crippen LogP contribution in [0.25, 0.3) is 0 Å². The molecule has 0 aliphatic carbocycles. The van der Waals surface area contributed by atoms with Crippen LogP contribution in [-0.4, -0.2) is 20.7 Å². The molecule has 0 amide bonds. The van der Waals surface area contributed by atoms with E-state index in [1.165, 1.54) is 0 Å². The van der Waals surface area contributed by atoms with Gasteiger partial charge in [0.05, 0.1) is 0 Å². The molecule has 0 saturated carbocycles. The molecule has 0 aliphatic rings. The zero-order chi connectivity index (χ0) is 19.3. The van der Waals surface area contributed by atoms with Crippen molar-refractivity contribution >= 4 is 23.5 Å². The summed E-state index contributed by atoms with van der Waals surface area (Å²) in [4.78, 5) is 16.8. The number of rotatable bonds is 5. The van der Waals surface area contributed by atoms with Crippen LogP contribution in [0.1, 0.15) is 10.4 Å². The third-order valence-corrected chi connectivity index (χ3v) is 3.93. The number of aromatic nitrogens is 3. The van der Waals surface area contributed by atoms with Crippen molar-refractivity contribution in [2.45, 2.75) is 0 Å². The van der Waals surface area contributed by atoms with Gasteiger partial charge in [0.15, 0.2) is 0 Å². The minimum absolute atomic E-state index is 0.00745. The lowest BCUT2D eigenvalue weighted by atomic mass is 10.2. The minimum Gasteiger partial charge on any atom is -0.457 e. The van der Waals surface area contributed by atoms with Crippen LogP contribution in [0.2, 0.25) is 0 Å². The Morgan fingerprint density at radius 1 is 0.857 bits per heavy atom. The molecule has 138 valence electrons. The molecule has 4 aromatic rings. The monoisotopic (exact) mass is 371 g/mol. The molecule has 0 unspecified atom stereocenters. The maximum atomic E-state index is 12.7. The van der Waals surface area contributed by atoms with Gasteiger partial charge in [-0.2, -0.15) is 9.67 Å². The molecule has 0 fully saturated rings. The van der Waals surface area contributed by atoms with E-state index in [0.29, 0.717) is 11.3 Å². The largest absolute Gasteiger partial charge is 0.457 e. The molecule has 3 aromatic carbocycles. The topological polar surface area (TPSA) is 95.1 Å². The molecule has 1 aromatic heterocycles. The predicted molar refractivity (Wildman–Crippen MR) is 107 cm³/mol. The van der Waals surface area contributed by atoms with Crippen LogP contribution in [0.5, 0.6) is 11.5 Å². The second-order valence-electron chi connectivity index (χ2n) is 5.94. The smallest absolute Gasteiger partial charge is 0.281 e. The molecule has 0 aliphatic heterocycles. The van der Waals surface area contributed by atoms with Crippen molar-refractivity contribution in [1.29, 1.82) is 0 Å². The van der Waals surface area contributed by atoms with Gasteiger partial charge in [0.25, 0.3) is 5.91 Å². The van der Waals surface area contributed by atoms with Gasteiger partial charge in [-0.3, -0.25) is 4.79 Å². The first kappa shape index (κ1) is 17.3. The Balaban J connectivity index is 1.50. The van der Waals surface area contributed by atoms with Crippen molar-refractivity contribution in [2.24, 2.45) is 0 Å². The molecule has 0 saturated heterocycles. The van der Waals surface area contributed by atoms with Crippen molar-refractivity contribution in [1.82, 2.24) is 14.8 Å². The van der Waals surface area contributed by atoms with Crippen LogP contribution in [0.15, 0.2) is 84.9 Å². The summed E-state index contributed by atoms with van der Waals surface area (Å²) >= 11 is 0. The first-order valence-electron chi connectivity index (χ1n) is 8.61. The van der Waals surface area contributed by atoms with Crippen molar-refractivity contribution < 1.29 is 9.53 Å². The number of nitrogens with zero attached hydrogens (tertiary/aromatic N) is 3. The van der Waals surface area contributed by atoms with E-state index in [1.807, 2.05) is 60.7 Å². The summed E-state index contributed by atoms with van der Waals surface area (Å²) in [6.07, 6.45) is 0. The maximum Gasteiger partial charge on any atom is 0.281 e. The summed E-state index contributed by atoms with van der Waals surface area (Å²) in [5.41, 5.74) is 7.09. The Hall–Kier alpha value is -4.13. The fraction of sp³-hybridized carbons (Fsp3) is 0. The molecule has 28 heavy (non-hydrogen) atoms. The molecule has 3 N–H and O–H groups in total. The zero-order valence-electron chi connectivity index (χ0n) is 14.8. The predicted octanol–water partition coefficient (Wildman–Crippen LogP) is 4.08. The number of carbonyl (C=O) groups excluding carboxylic acids is 1. The first-order valence-corrected chi connectivity index (χ1v) is 8.61. The van der Waals surface area contributed by atoms with Gasteiger partial charge in [0.2, 0.25) is 11.9 Å². The van der Waals surface area contributed by atoms with Gasteiger partial charge in [-0.05, 0) is 48.5 Å². The molecule has 7 nitrogen and oxygen atoms in total. The second-order valence-corrected chi connectivity index (χ2v) is 5.94. The summed E-state index contributed by atoms with van der Waals surface area (Å²) in [6, 6.07) is 25.6. The quantitative estimate of drug-likeness (QED) is 0.549. The summed E-state index contributed by atoms with van der Waals surface area (Å²) in [5.74, 6) is 1.23. The highest BCUT2D eigenvalue weighted by molar-refractivity contribution is 5.97. The van der Waals surface area contributed by atoms with Gasteiger partial charge in [0.1, 0.15) is 11.5 Å². The van der Waals surface area contributed by atoms with Gasteiger partial charge in [-0.1, -0.05) is 36.4 Å². The number of hydrogen-bond donors (Lipinski definition) is 2. The average Bonchev–Trinajstić information content (AvgIpc) is 3.09. The van der Waals surface area contributed by atoms with Crippen LogP contribution < -0.4 is 15.8 Å². The van der Waals surface area contributed by atoms with Crippen LogP contribution in [-0.2, 0) is 0 Å². The van der Waals surface area contributed by atoms with E-state index in [-0.39, 0.29) is 17.8 Å². The number of ether oxygens (including phenoxy) is 1. The average molecular weight is 371 g/mol. The van der Waals surface area contributed by atoms with Crippen molar-refractivity contribution in [2.75, 3.05) is 11.1 Å². The number of benzene rings is 3. The van der Waals surface area contributed by atoms with Crippen molar-refractivity contribution in [3.63, 3.8) is 0 Å². The SMILES string of the molecule is Nc1nc(Nc2ccccc2)nn1C(=O)c1ccc(Oc2ccccc2)cc1. The van der Waals surface area contributed by atoms with E-state index in [0.717, 1.165) is 16.1 Å². The number of nitrogens with one attached hydrogen (secondary N) is 1. The number of nitrogens with two attached hydrogens (primary N) is 1. The van der Waals surface area contributed by atoms with E-state index < -0.39 is 0 Å². The number of nitrogen functional groups attached to an aromatic ring is 1. The first-order chi connectivity index (χ1) is 13.7. The van der Waals surface area contributed by atoms with Gasteiger partial charge in [0, 0.05) is 11.3 Å². The molecule has 0 bridgehead atoms. The molecule has 0 spiro atoms. The number of hydrogen-bond acceptors (Lipinski definition) is 6. The Kier molecular flexibility index (Phi) is 4.71. The maximum absolute atomic E-state index is 12.7. The highest BCUT2D eigenvalue weighted by Crippen LogP contribution is 2.22. The van der Waals surface area contributed by atoms with Gasteiger partial charge in [-0.25, -0.2) is 0 Å². The molecule has 7 heteroatoms. The number of carbonyl (C=O) groups is 1. The summed E-state index contributed by atoms with van der Waals surface area (Å²) in [6.45, 7) is 0. The van der Waals surface area contributed by atoms with E-state index in [1.54, 1.807) is 24.3 Å². The van der Waals surface area contributed by atoms with E-state index in [9.17, 15) is 4.79 Å². The van der Waals surface area contributed by atoms with Gasteiger partial charge >= 0.3 is 0 Å². The highest BCUT2D eigenvalue weighted by Gasteiger charge is 2.16. The van der Waals surface area contributed by atoms with Crippen molar-refractivity contribution in [3.8, 4) is 11.5 Å². The number of anilines is 3. The van der Waals surface area contributed by atoms with Crippen LogP contribution >= 0.6 is 0 Å². The fourth-order valence-corrected chi connectivity index (χ4v) is 2.59. The molecule has 1 heterocycles. The summed E-state index contributed by atoms with van der Waals surface area (Å²) < 4.78 is 6.80. The summed E-state index contributed by atoms with van der Waals surface area (Å²) in [7, 11) is 0. The normalized spacial score (nSPS) is 10.4. The zero-order valence-corrected chi connectivity index (χ0v) is 14.8. The summed E-state index contributed by atoms with van der Waals surface area (Å²) in [5, 5.41) is 7.17. The lowest BCUT2D eigenvalue weighted by Gasteiger charge is -2.06. The Bertz CT molecular complexity index is 1080. The lowest BCUT2D eigenvalue weighted by Crippen LogP contribution is -2.16. The Labute approximate surface area is 161 Å². The number of para-hydroxylation sites is 2. The van der Waals surface area contributed by atoms with Crippen molar-refractivity contribution in [3.05, 3.63) is 90.5 Å². The third-order valence-electron chi connectivity index (χ3n) is 3.93. The van der Waals surface area contributed by atoms with E-state index in [4.69, 9.17) is 10.5 Å². The highest BCUT2D eigenvalue weighted by atomic mass is 16.5. The van der Waals surface area contributed by atoms with E-state index >= 15 is 0 Å². The second kappa shape index (κ2) is 7.63. The Morgan fingerprint density at radius 2 is 1.46 bits per heavy atom. The van der Waals surface area contributed by atoms with Crippen LogP contribution in [0, 0.1) is 0 Å². The molecule has 0 radical (unpaired) electrons. The van der Waals surface area contributed by atoms with Crippen LogP contribution in [0.3, 0.4) is 0 Å². The van der Waals surface area contributed by atoms with Crippen LogP contribution in [0.4, 0.5) is 17.6 Å². The minimum atomic E-state index is -0.377. The third kappa shape index (κ3) is 3.83. The standard InChI is InChI=1S/C21H17N5O2/c22-20-24-21(23-16-7-3-1-4-8-16)25-26(20)19(27)15-11-13-18(14-12-15)28-17-9-5-2-6-10-17/h1-14H,(H3,22,23,24,25). The Morgan fingerprint density at radius 3 is 2.14 bits per heavy atom. The molecular weight excluding hydrogens is 354 g/mol. The molecular formula is C21H17N5O2. The molecule has 0 atom stereocenters.